The van der Waals surface area contributed by atoms with Crippen LogP contribution in [0.1, 0.15) is 38.4 Å². The van der Waals surface area contributed by atoms with E-state index in [4.69, 9.17) is 0 Å². The Morgan fingerprint density at radius 3 is 2.60 bits per heavy atom. The summed E-state index contributed by atoms with van der Waals surface area (Å²) in [5.41, 5.74) is -1.22. The van der Waals surface area contributed by atoms with Crippen molar-refractivity contribution in [3.63, 3.8) is 0 Å². The van der Waals surface area contributed by atoms with Gasteiger partial charge in [-0.1, -0.05) is 19.4 Å². The van der Waals surface area contributed by atoms with Crippen LogP contribution in [0.25, 0.3) is 28.0 Å². The number of ketones is 1. The minimum atomic E-state index is -1.14. The number of rotatable bonds is 7. The first kappa shape index (κ1) is 31.2. The Kier molecular flexibility index (Phi) is 8.62. The van der Waals surface area contributed by atoms with Crippen LogP contribution in [-0.4, -0.2) is 61.9 Å². The lowest BCUT2D eigenvalue weighted by molar-refractivity contribution is -0.569. The number of piperazine rings is 1. The molecule has 0 bridgehead atoms. The molecule has 1 N–H and O–H groups in total. The summed E-state index contributed by atoms with van der Waals surface area (Å²) in [4.78, 5) is 49.9. The third-order valence-corrected chi connectivity index (χ3v) is 7.79. The van der Waals surface area contributed by atoms with Crippen LogP contribution in [0.4, 0.5) is 14.6 Å². The molecule has 3 aromatic heterocycles. The number of aromatic hydroxyl groups is 1. The van der Waals surface area contributed by atoms with E-state index in [1.54, 1.807) is 31.0 Å². The van der Waals surface area contributed by atoms with Crippen molar-refractivity contribution in [3.8, 4) is 22.7 Å². The lowest BCUT2D eigenvalue weighted by Crippen LogP contribution is -2.54. The number of allylic oxidation sites excluding steroid dienone is 1. The lowest BCUT2D eigenvalue weighted by Gasteiger charge is -2.40. The molecule has 0 saturated carbocycles. The molecule has 0 radical (unpaired) electrons. The van der Waals surface area contributed by atoms with Gasteiger partial charge < -0.3 is 20.1 Å². The van der Waals surface area contributed by atoms with E-state index in [0.717, 1.165) is 22.8 Å². The zero-order valence-electron chi connectivity index (χ0n) is 25.3. The maximum atomic E-state index is 16.0. The lowest BCUT2D eigenvalue weighted by atomic mass is 10.1. The normalized spacial score (nSPS) is 15.3. The summed E-state index contributed by atoms with van der Waals surface area (Å²) in [6.45, 7) is 7.35. The Labute approximate surface area is 257 Å². The van der Waals surface area contributed by atoms with Gasteiger partial charge in [0.2, 0.25) is 5.91 Å². The minimum absolute atomic E-state index is 0.0107. The number of hydrogen-bond acceptors (Lipinski definition) is 8. The molecule has 0 spiro atoms. The molecule has 0 unspecified atom stereocenters. The van der Waals surface area contributed by atoms with Crippen LogP contribution < -0.4 is 15.3 Å². The number of halogens is 2. The van der Waals surface area contributed by atoms with Crippen LogP contribution in [0.3, 0.4) is 0 Å². The summed E-state index contributed by atoms with van der Waals surface area (Å²) in [6.07, 6.45) is 5.09. The summed E-state index contributed by atoms with van der Waals surface area (Å²) in [7, 11) is 0. The van der Waals surface area contributed by atoms with Gasteiger partial charge in [-0.15, -0.1) is 4.57 Å². The van der Waals surface area contributed by atoms with Gasteiger partial charge in [-0.3, -0.25) is 14.6 Å². The second kappa shape index (κ2) is 12.4. The summed E-state index contributed by atoms with van der Waals surface area (Å²) < 4.78 is 32.2. The van der Waals surface area contributed by atoms with Gasteiger partial charge in [0, 0.05) is 37.9 Å². The Morgan fingerprint density at radius 2 is 1.93 bits per heavy atom. The number of phenolic OH excluding ortho intramolecular Hbond substituents is 1. The molecule has 11 nitrogen and oxygen atoms in total. The number of pyridine rings is 2. The Bertz CT molecular complexity index is 1900. The molecular formula is C32H32F2N6O5. The number of fused-ring (bicyclic) bond motifs is 1. The Hall–Kier alpha value is -5.20. The molecule has 5 rings (SSSR count). The van der Waals surface area contributed by atoms with Crippen molar-refractivity contribution in [2.24, 2.45) is 0 Å². The van der Waals surface area contributed by atoms with E-state index >= 15 is 8.78 Å². The van der Waals surface area contributed by atoms with Crippen LogP contribution in [0.2, 0.25) is 0 Å². The average Bonchev–Trinajstić information content (AvgIpc) is 2.98. The highest BCUT2D eigenvalue weighted by molar-refractivity contribution is 5.97. The van der Waals surface area contributed by atoms with Crippen LogP contribution in [0, 0.1) is 23.8 Å². The van der Waals surface area contributed by atoms with Crippen LogP contribution in [0.15, 0.2) is 53.5 Å². The maximum absolute atomic E-state index is 16.0. The third kappa shape index (κ3) is 5.73. The first-order valence-electron chi connectivity index (χ1n) is 14.5. The fraction of sp³-hybridized carbons (Fsp3) is 0.312. The van der Waals surface area contributed by atoms with Gasteiger partial charge in [-0.05, 0) is 63.1 Å². The number of aromatic nitrogens is 4. The van der Waals surface area contributed by atoms with Gasteiger partial charge in [0.1, 0.15) is 22.5 Å². The monoisotopic (exact) mass is 618 g/mol. The number of amides is 1. The molecule has 4 aromatic rings. The van der Waals surface area contributed by atoms with Crippen LogP contribution in [-0.2, 0) is 16.0 Å². The number of anilines is 1. The van der Waals surface area contributed by atoms with Crippen molar-refractivity contribution in [1.29, 1.82) is 0 Å². The second-order valence-electron chi connectivity index (χ2n) is 11.0. The molecule has 1 fully saturated rings. The smallest absolute Gasteiger partial charge is 0.442 e. The largest absolute Gasteiger partial charge is 0.710 e. The number of carbonyl (C=O) groups excluding carboxylic acids is 2. The quantitative estimate of drug-likeness (QED) is 0.189. The van der Waals surface area contributed by atoms with Crippen molar-refractivity contribution >= 4 is 28.5 Å². The van der Waals surface area contributed by atoms with Crippen LogP contribution >= 0.6 is 0 Å². The Morgan fingerprint density at radius 1 is 1.18 bits per heavy atom. The van der Waals surface area contributed by atoms with E-state index in [9.17, 15) is 24.7 Å². The topological polar surface area (TPSA) is 136 Å². The van der Waals surface area contributed by atoms with Gasteiger partial charge in [-0.2, -0.15) is 4.98 Å². The van der Waals surface area contributed by atoms with Crippen molar-refractivity contribution in [2.75, 3.05) is 24.5 Å². The van der Waals surface area contributed by atoms with Crippen molar-refractivity contribution in [3.05, 3.63) is 87.3 Å². The molecule has 1 amide bonds. The van der Waals surface area contributed by atoms with E-state index in [1.807, 2.05) is 6.92 Å². The number of aryl methyl sites for hydroxylation is 2. The molecule has 1 aromatic carbocycles. The highest BCUT2D eigenvalue weighted by Crippen LogP contribution is 2.35. The maximum Gasteiger partial charge on any atom is 0.442 e. The van der Waals surface area contributed by atoms with Gasteiger partial charge in [0.05, 0.1) is 5.69 Å². The van der Waals surface area contributed by atoms with Crippen molar-refractivity contribution in [1.82, 2.24) is 19.4 Å². The fourth-order valence-electron chi connectivity index (χ4n) is 5.73. The molecule has 1 atom stereocenters. The van der Waals surface area contributed by atoms with Crippen molar-refractivity contribution < 1.29 is 28.2 Å². The summed E-state index contributed by atoms with van der Waals surface area (Å²) in [5, 5.41) is 24.7. The summed E-state index contributed by atoms with van der Waals surface area (Å²) in [6, 6.07) is 5.58. The minimum Gasteiger partial charge on any atom is -0.710 e. The summed E-state index contributed by atoms with van der Waals surface area (Å²) in [5.74, 6) is -3.45. The first-order chi connectivity index (χ1) is 21.4. The van der Waals surface area contributed by atoms with Gasteiger partial charge in [-0.25, -0.2) is 18.3 Å². The number of nitrogens with zero attached hydrogens (tertiary/aromatic N) is 6. The third-order valence-electron chi connectivity index (χ3n) is 7.79. The zero-order chi connectivity index (χ0) is 32.6. The SMILES string of the molecule is CCCc1nccc(C)c1-n1c(=O)nc(N2CCN(C(=O)/C=C/C(C)=O)C[C@@H]2C)c2cc(F)c(-c3c(O)cccc3F)[n+]([O-])c21. The molecule has 0 aliphatic carbocycles. The van der Waals surface area contributed by atoms with Gasteiger partial charge in [0.25, 0.3) is 0 Å². The molecule has 1 saturated heterocycles. The standard InChI is InChI=1S/C32H32F2N6O5/c1-5-7-24-28(18(2)12-13-35-24)39-31-21(16-23(34)29(40(31)45)27-22(33)8-6-9-25(27)42)30(36-32(39)44)38-15-14-37(17-19(38)3)26(43)11-10-20(4)41/h6,8-13,16,19,42H,5,7,14-15,17H2,1-4H3/b11-10+/t19-/m0/s1. The van der Waals surface area contributed by atoms with Crippen molar-refractivity contribution in [2.45, 2.75) is 46.6 Å². The molecule has 4 heterocycles. The number of benzene rings is 1. The van der Waals surface area contributed by atoms with Gasteiger partial charge >= 0.3 is 11.3 Å². The highest BCUT2D eigenvalue weighted by atomic mass is 19.1. The molecule has 45 heavy (non-hydrogen) atoms. The first-order valence-corrected chi connectivity index (χ1v) is 14.5. The number of phenols is 1. The van der Waals surface area contributed by atoms with E-state index < -0.39 is 40.4 Å². The Balaban J connectivity index is 1.78. The number of hydrogen-bond donors (Lipinski definition) is 1. The molecule has 13 heteroatoms. The molecule has 1 aliphatic heterocycles. The average molecular weight is 619 g/mol. The molecule has 234 valence electrons. The highest BCUT2D eigenvalue weighted by Gasteiger charge is 2.34. The predicted octanol–water partition coefficient (Wildman–Crippen LogP) is 3.51. The van der Waals surface area contributed by atoms with E-state index in [2.05, 4.69) is 9.97 Å². The molecular weight excluding hydrogens is 586 g/mol. The predicted molar refractivity (Wildman–Crippen MR) is 163 cm³/mol. The zero-order valence-corrected chi connectivity index (χ0v) is 25.3. The number of carbonyl (C=O) groups is 2. The van der Waals surface area contributed by atoms with E-state index in [0.29, 0.717) is 29.8 Å². The van der Waals surface area contributed by atoms with E-state index in [1.165, 1.54) is 30.0 Å². The van der Waals surface area contributed by atoms with Crippen LogP contribution in [0.5, 0.6) is 5.75 Å². The van der Waals surface area contributed by atoms with Gasteiger partial charge in [0.15, 0.2) is 28.8 Å². The second-order valence-corrected chi connectivity index (χ2v) is 11.0. The summed E-state index contributed by atoms with van der Waals surface area (Å²) >= 11 is 0. The molecule has 1 aliphatic rings. The van der Waals surface area contributed by atoms with E-state index in [-0.39, 0.29) is 52.9 Å². The fourth-order valence-corrected chi connectivity index (χ4v) is 5.73.